The molecule has 1 rings (SSSR count). The van der Waals surface area contributed by atoms with Crippen molar-refractivity contribution in [2.24, 2.45) is 5.92 Å². The Labute approximate surface area is 86.1 Å². The predicted molar refractivity (Wildman–Crippen MR) is 60.0 cm³/mol. The summed E-state index contributed by atoms with van der Waals surface area (Å²) in [5, 5.41) is 10.3. The van der Waals surface area contributed by atoms with E-state index in [0.717, 1.165) is 5.56 Å². The fourth-order valence-corrected chi connectivity index (χ4v) is 1.51. The monoisotopic (exact) mass is 190 g/mol. The highest BCUT2D eigenvalue weighted by molar-refractivity contribution is 5.23. The summed E-state index contributed by atoms with van der Waals surface area (Å²) >= 11 is 0. The van der Waals surface area contributed by atoms with Gasteiger partial charge in [0.1, 0.15) is 0 Å². The third-order valence-corrected chi connectivity index (χ3v) is 2.73. The molecule has 2 atom stereocenters. The van der Waals surface area contributed by atoms with Crippen molar-refractivity contribution in [3.63, 3.8) is 0 Å². The fourth-order valence-electron chi connectivity index (χ4n) is 1.51. The van der Waals surface area contributed by atoms with E-state index in [9.17, 15) is 5.11 Å². The second kappa shape index (κ2) is 4.43. The maximum Gasteiger partial charge on any atom is 0.0928 e. The smallest absolute Gasteiger partial charge is 0.0928 e. The van der Waals surface area contributed by atoms with Gasteiger partial charge in [0.25, 0.3) is 0 Å². The van der Waals surface area contributed by atoms with Crippen LogP contribution in [0.2, 0.25) is 0 Å². The molecule has 0 fully saturated rings. The topological polar surface area (TPSA) is 20.2 Å². The average Bonchev–Trinajstić information content (AvgIpc) is 2.19. The molecular formula is C13H18O. The molecule has 0 heterocycles. The van der Waals surface area contributed by atoms with Crippen molar-refractivity contribution in [3.8, 4) is 0 Å². The molecule has 76 valence electrons. The van der Waals surface area contributed by atoms with E-state index in [-0.39, 0.29) is 5.92 Å². The van der Waals surface area contributed by atoms with Gasteiger partial charge in [-0.1, -0.05) is 49.4 Å². The van der Waals surface area contributed by atoms with E-state index in [1.54, 1.807) is 0 Å². The van der Waals surface area contributed by atoms with Gasteiger partial charge in [0.15, 0.2) is 0 Å². The van der Waals surface area contributed by atoms with Crippen LogP contribution < -0.4 is 0 Å². The third kappa shape index (κ3) is 2.24. The molecule has 0 radical (unpaired) electrons. The van der Waals surface area contributed by atoms with Gasteiger partial charge in [-0.25, -0.2) is 0 Å². The zero-order valence-electron chi connectivity index (χ0n) is 9.07. The van der Waals surface area contributed by atoms with E-state index < -0.39 is 5.60 Å². The lowest BCUT2D eigenvalue weighted by Gasteiger charge is -2.28. The van der Waals surface area contributed by atoms with Gasteiger partial charge in [-0.15, -0.1) is 0 Å². The van der Waals surface area contributed by atoms with E-state index >= 15 is 0 Å². The highest BCUT2D eigenvalue weighted by Crippen LogP contribution is 2.29. The Balaban J connectivity index is 2.95. The molecule has 0 aliphatic heterocycles. The third-order valence-electron chi connectivity index (χ3n) is 2.73. The van der Waals surface area contributed by atoms with E-state index in [2.05, 4.69) is 0 Å². The molecule has 0 saturated carbocycles. The summed E-state index contributed by atoms with van der Waals surface area (Å²) in [5.74, 6) is 0.120. The minimum absolute atomic E-state index is 0.120. The van der Waals surface area contributed by atoms with Gasteiger partial charge in [-0.2, -0.15) is 0 Å². The van der Waals surface area contributed by atoms with Crippen molar-refractivity contribution in [1.29, 1.82) is 0 Å². The Hall–Kier alpha value is -1.08. The van der Waals surface area contributed by atoms with Crippen molar-refractivity contribution < 1.29 is 5.11 Å². The van der Waals surface area contributed by atoms with Crippen LogP contribution in [0.25, 0.3) is 0 Å². The molecule has 14 heavy (non-hydrogen) atoms. The van der Waals surface area contributed by atoms with E-state index in [4.69, 9.17) is 0 Å². The van der Waals surface area contributed by atoms with Crippen molar-refractivity contribution in [3.05, 3.63) is 48.0 Å². The molecule has 1 aromatic rings. The highest BCUT2D eigenvalue weighted by atomic mass is 16.3. The molecule has 1 heteroatoms. The number of aliphatic hydroxyl groups is 1. The largest absolute Gasteiger partial charge is 0.385 e. The molecule has 0 unspecified atom stereocenters. The predicted octanol–water partition coefficient (Wildman–Crippen LogP) is 3.11. The first-order chi connectivity index (χ1) is 6.59. The van der Waals surface area contributed by atoms with Crippen LogP contribution in [0, 0.1) is 5.92 Å². The maximum absolute atomic E-state index is 10.3. The van der Waals surface area contributed by atoms with Crippen LogP contribution in [0.4, 0.5) is 0 Å². The first kappa shape index (κ1) is 11.0. The Morgan fingerprint density at radius 1 is 1.29 bits per heavy atom. The number of hydrogen-bond donors (Lipinski definition) is 1. The number of rotatable bonds is 3. The molecule has 0 spiro atoms. The van der Waals surface area contributed by atoms with Crippen LogP contribution in [0.1, 0.15) is 26.3 Å². The number of allylic oxidation sites excluding steroid dienone is 1. The minimum atomic E-state index is -0.784. The second-order valence-corrected chi connectivity index (χ2v) is 3.83. The zero-order chi connectivity index (χ0) is 10.6. The summed E-state index contributed by atoms with van der Waals surface area (Å²) in [6.07, 6.45) is 4.00. The summed E-state index contributed by atoms with van der Waals surface area (Å²) in [4.78, 5) is 0. The lowest BCUT2D eigenvalue weighted by Crippen LogP contribution is -2.28. The van der Waals surface area contributed by atoms with Gasteiger partial charge >= 0.3 is 0 Å². The second-order valence-electron chi connectivity index (χ2n) is 3.83. The zero-order valence-corrected chi connectivity index (χ0v) is 9.07. The molecule has 1 aromatic carbocycles. The normalized spacial score (nSPS) is 18.0. The first-order valence-corrected chi connectivity index (χ1v) is 4.99. The van der Waals surface area contributed by atoms with Gasteiger partial charge in [0.2, 0.25) is 0 Å². The molecule has 0 bridgehead atoms. The summed E-state index contributed by atoms with van der Waals surface area (Å²) in [6, 6.07) is 9.78. The fraction of sp³-hybridized carbons (Fsp3) is 0.385. The molecule has 0 aliphatic carbocycles. The summed E-state index contributed by atoms with van der Waals surface area (Å²) in [6.45, 7) is 5.84. The van der Waals surface area contributed by atoms with Gasteiger partial charge in [0.05, 0.1) is 5.60 Å². The standard InChI is InChI=1S/C13H18O/c1-4-8-11(2)13(3,14)12-9-6-5-7-10-12/h4-11,14H,1-3H3/b8-4+/t11-,13-/m0/s1. The van der Waals surface area contributed by atoms with Crippen LogP contribution in [-0.4, -0.2) is 5.11 Å². The van der Waals surface area contributed by atoms with Crippen LogP contribution in [-0.2, 0) is 5.60 Å². The molecular weight excluding hydrogens is 172 g/mol. The van der Waals surface area contributed by atoms with Crippen LogP contribution in [0.15, 0.2) is 42.5 Å². The van der Waals surface area contributed by atoms with E-state index in [1.165, 1.54) is 0 Å². The average molecular weight is 190 g/mol. The van der Waals surface area contributed by atoms with E-state index in [1.807, 2.05) is 63.3 Å². The Kier molecular flexibility index (Phi) is 3.48. The van der Waals surface area contributed by atoms with Crippen LogP contribution >= 0.6 is 0 Å². The lowest BCUT2D eigenvalue weighted by atomic mass is 9.84. The Morgan fingerprint density at radius 2 is 1.86 bits per heavy atom. The highest BCUT2D eigenvalue weighted by Gasteiger charge is 2.27. The SMILES string of the molecule is C/C=C/[C@H](C)[C@](C)(O)c1ccccc1. The molecule has 0 aliphatic rings. The Bertz CT molecular complexity index is 298. The maximum atomic E-state index is 10.3. The van der Waals surface area contributed by atoms with Gasteiger partial charge in [-0.3, -0.25) is 0 Å². The number of benzene rings is 1. The van der Waals surface area contributed by atoms with Gasteiger partial charge in [0, 0.05) is 5.92 Å². The lowest BCUT2D eigenvalue weighted by molar-refractivity contribution is 0.0203. The molecule has 0 amide bonds. The molecule has 1 nitrogen and oxygen atoms in total. The summed E-state index contributed by atoms with van der Waals surface area (Å²) in [7, 11) is 0. The molecule has 1 N–H and O–H groups in total. The summed E-state index contributed by atoms with van der Waals surface area (Å²) < 4.78 is 0. The van der Waals surface area contributed by atoms with Crippen LogP contribution in [0.5, 0.6) is 0 Å². The van der Waals surface area contributed by atoms with Crippen molar-refractivity contribution in [1.82, 2.24) is 0 Å². The quantitative estimate of drug-likeness (QED) is 0.726. The minimum Gasteiger partial charge on any atom is -0.385 e. The molecule has 0 aromatic heterocycles. The summed E-state index contributed by atoms with van der Waals surface area (Å²) in [5.41, 5.74) is 0.180. The van der Waals surface area contributed by atoms with E-state index in [0.29, 0.717) is 0 Å². The van der Waals surface area contributed by atoms with Gasteiger partial charge in [-0.05, 0) is 19.4 Å². The van der Waals surface area contributed by atoms with Crippen molar-refractivity contribution >= 4 is 0 Å². The first-order valence-electron chi connectivity index (χ1n) is 4.99. The van der Waals surface area contributed by atoms with Crippen molar-refractivity contribution in [2.45, 2.75) is 26.4 Å². The molecule has 0 saturated heterocycles. The van der Waals surface area contributed by atoms with Crippen molar-refractivity contribution in [2.75, 3.05) is 0 Å². The van der Waals surface area contributed by atoms with Gasteiger partial charge < -0.3 is 5.11 Å². The Morgan fingerprint density at radius 3 is 2.36 bits per heavy atom. The number of hydrogen-bond acceptors (Lipinski definition) is 1. The van der Waals surface area contributed by atoms with Crippen LogP contribution in [0.3, 0.4) is 0 Å².